The summed E-state index contributed by atoms with van der Waals surface area (Å²) in [5.41, 5.74) is 3.81. The molecule has 0 aliphatic rings. The van der Waals surface area contributed by atoms with E-state index in [1.807, 2.05) is 65.8 Å². The fourth-order valence-electron chi connectivity index (χ4n) is 3.77. The third-order valence-corrected chi connectivity index (χ3v) is 5.27. The van der Waals surface area contributed by atoms with E-state index in [4.69, 9.17) is 9.72 Å². The molecule has 1 atom stereocenters. The van der Waals surface area contributed by atoms with Gasteiger partial charge in [0.25, 0.3) is 0 Å². The van der Waals surface area contributed by atoms with Gasteiger partial charge in [-0.1, -0.05) is 24.3 Å². The first-order valence-corrected chi connectivity index (χ1v) is 9.77. The zero-order chi connectivity index (χ0) is 20.7. The number of nitrogens with zero attached hydrogens (tertiary/aromatic N) is 5. The van der Waals surface area contributed by atoms with Crippen molar-refractivity contribution < 1.29 is 4.74 Å². The van der Waals surface area contributed by atoms with Gasteiger partial charge in [0, 0.05) is 30.9 Å². The molecule has 2 aromatic carbocycles. The van der Waals surface area contributed by atoms with Gasteiger partial charge in [0.2, 0.25) is 0 Å². The molecule has 7 heteroatoms. The van der Waals surface area contributed by atoms with Crippen molar-refractivity contribution in [2.75, 3.05) is 12.4 Å². The van der Waals surface area contributed by atoms with Gasteiger partial charge in [-0.2, -0.15) is 5.10 Å². The Balaban J connectivity index is 1.67. The van der Waals surface area contributed by atoms with Crippen molar-refractivity contribution in [1.29, 1.82) is 0 Å². The lowest BCUT2D eigenvalue weighted by molar-refractivity contribution is 0.414. The highest BCUT2D eigenvalue weighted by Crippen LogP contribution is 2.30. The maximum atomic E-state index is 5.33. The largest absolute Gasteiger partial charge is 0.497 e. The van der Waals surface area contributed by atoms with Crippen molar-refractivity contribution >= 4 is 22.4 Å². The van der Waals surface area contributed by atoms with Gasteiger partial charge in [-0.05, 0) is 36.8 Å². The van der Waals surface area contributed by atoms with Crippen LogP contribution in [0.15, 0.2) is 67.0 Å². The summed E-state index contributed by atoms with van der Waals surface area (Å²) in [7, 11) is 3.66. The number of aryl methyl sites for hydroxylation is 2. The lowest BCUT2D eigenvalue weighted by atomic mass is 10.1. The minimum Gasteiger partial charge on any atom is -0.497 e. The van der Waals surface area contributed by atoms with Gasteiger partial charge in [-0.25, -0.2) is 14.5 Å². The molecular weight excluding hydrogens is 376 g/mol. The van der Waals surface area contributed by atoms with Crippen molar-refractivity contribution in [3.8, 4) is 5.75 Å². The molecule has 0 amide bonds. The summed E-state index contributed by atoms with van der Waals surface area (Å²) in [4.78, 5) is 9.49. The summed E-state index contributed by atoms with van der Waals surface area (Å²) < 4.78 is 9.23. The summed E-state index contributed by atoms with van der Waals surface area (Å²) >= 11 is 0. The molecule has 1 N–H and O–H groups in total. The number of fused-ring (bicyclic) bond motifs is 3. The van der Waals surface area contributed by atoms with Crippen molar-refractivity contribution in [1.82, 2.24) is 24.1 Å². The maximum Gasteiger partial charge on any atom is 0.158 e. The number of para-hydroxylation sites is 1. The molecule has 5 aromatic rings. The Morgan fingerprint density at radius 1 is 1.07 bits per heavy atom. The normalized spacial score (nSPS) is 12.4. The number of ether oxygens (including phenoxy) is 1. The standard InChI is InChI=1S/C23H22N6O/c1-15-14-20-25-22(18-6-4-5-7-19(18)29(20)27-15)26-21(23-24-12-13-28(23)2)16-8-10-17(30-3)11-9-16/h4-14,21H,1-3H3,(H,25,26). The number of hydrogen-bond acceptors (Lipinski definition) is 5. The summed E-state index contributed by atoms with van der Waals surface area (Å²) in [5, 5.41) is 9.24. The molecule has 0 saturated carbocycles. The van der Waals surface area contributed by atoms with Crippen LogP contribution >= 0.6 is 0 Å². The number of aromatic nitrogens is 5. The van der Waals surface area contributed by atoms with Crippen LogP contribution in [0.25, 0.3) is 16.6 Å². The van der Waals surface area contributed by atoms with Crippen LogP contribution in [-0.4, -0.2) is 31.3 Å². The fourth-order valence-corrected chi connectivity index (χ4v) is 3.77. The topological polar surface area (TPSA) is 69.3 Å². The first-order valence-electron chi connectivity index (χ1n) is 9.77. The second-order valence-electron chi connectivity index (χ2n) is 7.28. The second kappa shape index (κ2) is 7.18. The molecule has 0 aliphatic carbocycles. The quantitative estimate of drug-likeness (QED) is 0.482. The molecule has 0 fully saturated rings. The molecule has 0 saturated heterocycles. The van der Waals surface area contributed by atoms with Crippen LogP contribution in [0.1, 0.15) is 23.1 Å². The number of benzene rings is 2. The number of methoxy groups -OCH3 is 1. The minimum absolute atomic E-state index is 0.182. The van der Waals surface area contributed by atoms with Crippen molar-refractivity contribution in [3.05, 3.63) is 84.1 Å². The van der Waals surface area contributed by atoms with E-state index < -0.39 is 0 Å². The molecule has 5 rings (SSSR count). The molecule has 0 radical (unpaired) electrons. The molecule has 0 bridgehead atoms. The Bertz CT molecular complexity index is 1340. The van der Waals surface area contributed by atoms with E-state index in [2.05, 4.69) is 39.7 Å². The van der Waals surface area contributed by atoms with Crippen LogP contribution in [0.4, 0.5) is 5.82 Å². The van der Waals surface area contributed by atoms with Crippen LogP contribution in [0.3, 0.4) is 0 Å². The third kappa shape index (κ3) is 3.04. The van der Waals surface area contributed by atoms with Gasteiger partial charge in [0.15, 0.2) is 5.65 Å². The Morgan fingerprint density at radius 3 is 2.60 bits per heavy atom. The van der Waals surface area contributed by atoms with Crippen LogP contribution in [0, 0.1) is 6.92 Å². The number of anilines is 1. The lowest BCUT2D eigenvalue weighted by Gasteiger charge is -2.21. The SMILES string of the molecule is COc1ccc(C(Nc2nc3cc(C)nn3c3ccccc23)c2nccn2C)cc1. The number of hydrogen-bond donors (Lipinski definition) is 1. The summed E-state index contributed by atoms with van der Waals surface area (Å²) in [6.07, 6.45) is 3.76. The number of nitrogens with one attached hydrogen (secondary N) is 1. The molecular formula is C23H22N6O. The Morgan fingerprint density at radius 2 is 1.87 bits per heavy atom. The van der Waals surface area contributed by atoms with Crippen LogP contribution in [0.5, 0.6) is 5.75 Å². The predicted molar refractivity (Wildman–Crippen MR) is 117 cm³/mol. The summed E-state index contributed by atoms with van der Waals surface area (Å²) in [6.45, 7) is 1.98. The average Bonchev–Trinajstić information content (AvgIpc) is 3.36. The fraction of sp³-hybridized carbons (Fsp3) is 0.174. The summed E-state index contributed by atoms with van der Waals surface area (Å²) in [6, 6.07) is 18.0. The van der Waals surface area contributed by atoms with Crippen LogP contribution < -0.4 is 10.1 Å². The zero-order valence-electron chi connectivity index (χ0n) is 17.1. The van der Waals surface area contributed by atoms with Crippen LogP contribution in [-0.2, 0) is 7.05 Å². The molecule has 1 unspecified atom stereocenters. The molecule has 30 heavy (non-hydrogen) atoms. The zero-order valence-corrected chi connectivity index (χ0v) is 17.1. The molecule has 7 nitrogen and oxygen atoms in total. The highest BCUT2D eigenvalue weighted by molar-refractivity contribution is 5.91. The third-order valence-electron chi connectivity index (χ3n) is 5.27. The molecule has 3 aromatic heterocycles. The Kier molecular flexibility index (Phi) is 4.35. The van der Waals surface area contributed by atoms with Crippen molar-refractivity contribution in [2.45, 2.75) is 13.0 Å². The Hall–Kier alpha value is -3.87. The lowest BCUT2D eigenvalue weighted by Crippen LogP contribution is -2.18. The first-order chi connectivity index (χ1) is 14.6. The van der Waals surface area contributed by atoms with Crippen molar-refractivity contribution in [3.63, 3.8) is 0 Å². The molecule has 150 valence electrons. The van der Waals surface area contributed by atoms with Gasteiger partial charge < -0.3 is 14.6 Å². The first kappa shape index (κ1) is 18.2. The van der Waals surface area contributed by atoms with E-state index in [9.17, 15) is 0 Å². The Labute approximate surface area is 174 Å². The molecule has 0 spiro atoms. The smallest absolute Gasteiger partial charge is 0.158 e. The van der Waals surface area contributed by atoms with E-state index in [0.29, 0.717) is 0 Å². The monoisotopic (exact) mass is 398 g/mol. The van der Waals surface area contributed by atoms with Crippen LogP contribution in [0.2, 0.25) is 0 Å². The van der Waals surface area contributed by atoms with E-state index in [1.165, 1.54) is 0 Å². The second-order valence-corrected chi connectivity index (χ2v) is 7.28. The van der Waals surface area contributed by atoms with Gasteiger partial charge in [-0.15, -0.1) is 0 Å². The van der Waals surface area contributed by atoms with Gasteiger partial charge in [-0.3, -0.25) is 0 Å². The average molecular weight is 398 g/mol. The number of rotatable bonds is 5. The number of imidazole rings is 1. The highest BCUT2D eigenvalue weighted by Gasteiger charge is 2.21. The van der Waals surface area contributed by atoms with E-state index >= 15 is 0 Å². The minimum atomic E-state index is -0.182. The van der Waals surface area contributed by atoms with Gasteiger partial charge >= 0.3 is 0 Å². The van der Waals surface area contributed by atoms with E-state index in [0.717, 1.165) is 45.2 Å². The maximum absolute atomic E-state index is 5.33. The van der Waals surface area contributed by atoms with Crippen molar-refractivity contribution in [2.24, 2.45) is 7.05 Å². The molecule has 3 heterocycles. The van der Waals surface area contributed by atoms with E-state index in [-0.39, 0.29) is 6.04 Å². The van der Waals surface area contributed by atoms with Gasteiger partial charge in [0.1, 0.15) is 23.4 Å². The highest BCUT2D eigenvalue weighted by atomic mass is 16.5. The van der Waals surface area contributed by atoms with E-state index in [1.54, 1.807) is 7.11 Å². The van der Waals surface area contributed by atoms with Gasteiger partial charge in [0.05, 0.1) is 18.3 Å². The summed E-state index contributed by atoms with van der Waals surface area (Å²) in [5.74, 6) is 2.51. The molecule has 0 aliphatic heterocycles. The predicted octanol–water partition coefficient (Wildman–Crippen LogP) is 4.13.